The van der Waals surface area contributed by atoms with Gasteiger partial charge in [0, 0.05) is 61.1 Å². The van der Waals surface area contributed by atoms with Crippen LogP contribution >= 0.6 is 0 Å². The summed E-state index contributed by atoms with van der Waals surface area (Å²) >= 11 is 0. The van der Waals surface area contributed by atoms with E-state index in [0.717, 1.165) is 46.4 Å². The normalized spacial score (nSPS) is 23.9. The van der Waals surface area contributed by atoms with E-state index in [-0.39, 0.29) is 44.3 Å². The topological polar surface area (TPSA) is 243 Å². The van der Waals surface area contributed by atoms with Crippen LogP contribution in [0.5, 0.6) is 11.5 Å². The summed E-state index contributed by atoms with van der Waals surface area (Å²) in [6.07, 6.45) is 3.28. The number of nitrogens with zero attached hydrogens (tertiary/aromatic N) is 1. The average Bonchev–Trinajstić information content (AvgIpc) is 3.83. The molecule has 3 aromatic rings. The molecule has 2 aliphatic heterocycles. The Balaban J connectivity index is 0.864. The number of aromatic nitrogens is 1. The van der Waals surface area contributed by atoms with Gasteiger partial charge in [-0.2, -0.15) is 0 Å². The van der Waals surface area contributed by atoms with Gasteiger partial charge >= 0.3 is 0 Å². The molecule has 296 valence electrons. The second-order valence-corrected chi connectivity index (χ2v) is 15.5. The largest absolute Gasteiger partial charge is 0.504 e. The Kier molecular flexibility index (Phi) is 9.60. The summed E-state index contributed by atoms with van der Waals surface area (Å²) in [5.74, 6) is -1.97. The lowest BCUT2D eigenvalue weighted by Crippen LogP contribution is -2.74. The first kappa shape index (κ1) is 37.3. The van der Waals surface area contributed by atoms with Crippen LogP contribution in [-0.4, -0.2) is 113 Å². The number of hydrogen-bond donors (Lipinski definition) is 9. The quantitative estimate of drug-likeness (QED) is 0.102. The van der Waals surface area contributed by atoms with E-state index < -0.39 is 59.1 Å². The third-order valence-electron chi connectivity index (χ3n) is 12.1. The fourth-order valence-electron chi connectivity index (χ4n) is 9.25. The van der Waals surface area contributed by atoms with Crippen molar-refractivity contribution in [3.05, 3.63) is 52.7 Å². The minimum Gasteiger partial charge on any atom is -0.504 e. The Labute approximate surface area is 321 Å². The Bertz CT molecular complexity index is 2150. The monoisotopic (exact) mass is 770 g/mol. The van der Waals surface area contributed by atoms with E-state index in [4.69, 9.17) is 4.74 Å². The zero-order valence-electron chi connectivity index (χ0n) is 31.0. The molecule has 5 aliphatic rings. The lowest BCUT2D eigenvalue weighted by atomic mass is 9.49. The Morgan fingerprint density at radius 2 is 1.54 bits per heavy atom. The molecular formula is C39H46N8O9. The van der Waals surface area contributed by atoms with E-state index in [1.165, 1.54) is 19.9 Å². The first-order valence-corrected chi connectivity index (χ1v) is 19.1. The van der Waals surface area contributed by atoms with Gasteiger partial charge in [-0.25, -0.2) is 0 Å². The number of amides is 6. The number of piperidine rings is 1. The van der Waals surface area contributed by atoms with Crippen molar-refractivity contribution in [3.8, 4) is 11.5 Å². The number of carbonyl (C=O) groups excluding carboxylic acids is 6. The number of fused-ring (bicyclic) bond motifs is 4. The van der Waals surface area contributed by atoms with Crippen molar-refractivity contribution in [2.45, 2.75) is 68.1 Å². The van der Waals surface area contributed by atoms with E-state index in [0.29, 0.717) is 36.6 Å². The number of likely N-dealkylation sites (tertiary alicyclic amines) is 1. The van der Waals surface area contributed by atoms with Gasteiger partial charge in [0.2, 0.25) is 35.4 Å². The smallest absolute Gasteiger partial charge is 0.243 e. The van der Waals surface area contributed by atoms with Gasteiger partial charge < -0.3 is 51.8 Å². The molecule has 2 aromatic carbocycles. The summed E-state index contributed by atoms with van der Waals surface area (Å²) in [6.45, 7) is 0.474. The second kappa shape index (κ2) is 14.4. The molecule has 17 heteroatoms. The molecule has 2 bridgehead atoms. The van der Waals surface area contributed by atoms with Crippen molar-refractivity contribution in [2.24, 2.45) is 5.92 Å². The number of H-pyrrole nitrogens is 1. The lowest BCUT2D eigenvalue weighted by molar-refractivity contribution is -0.173. The first-order chi connectivity index (χ1) is 26.9. The molecule has 0 radical (unpaired) electrons. The van der Waals surface area contributed by atoms with Crippen LogP contribution in [0.1, 0.15) is 60.6 Å². The molecule has 3 aliphatic carbocycles. The predicted octanol–water partition coefficient (Wildman–Crippen LogP) is -0.498. The van der Waals surface area contributed by atoms with Gasteiger partial charge in [-0.05, 0) is 67.5 Å². The van der Waals surface area contributed by atoms with Crippen LogP contribution in [0.2, 0.25) is 0 Å². The predicted molar refractivity (Wildman–Crippen MR) is 200 cm³/mol. The van der Waals surface area contributed by atoms with Crippen LogP contribution in [0.15, 0.2) is 30.3 Å². The number of likely N-dealkylation sites (N-methyl/N-ethyl adjacent to an activating group) is 1. The second-order valence-electron chi connectivity index (χ2n) is 15.5. The number of phenols is 1. The lowest BCUT2D eigenvalue weighted by Gasteiger charge is -2.62. The molecular weight excluding hydrogens is 724 g/mol. The minimum atomic E-state index is -1.12. The summed E-state index contributed by atoms with van der Waals surface area (Å²) in [5.41, 5.74) is 3.30. The molecule has 2 fully saturated rings. The van der Waals surface area contributed by atoms with Crippen molar-refractivity contribution in [2.75, 3.05) is 51.6 Å². The summed E-state index contributed by atoms with van der Waals surface area (Å²) in [5, 5.41) is 39.6. The van der Waals surface area contributed by atoms with Crippen LogP contribution in [0.4, 0.5) is 5.69 Å². The number of aromatic amines is 1. The molecule has 1 aromatic heterocycles. The molecule has 17 nitrogen and oxygen atoms in total. The van der Waals surface area contributed by atoms with E-state index in [9.17, 15) is 39.0 Å². The number of nitrogens with one attached hydrogen (secondary N) is 7. The van der Waals surface area contributed by atoms with Crippen molar-refractivity contribution >= 4 is 52.0 Å². The zero-order chi connectivity index (χ0) is 39.4. The summed E-state index contributed by atoms with van der Waals surface area (Å²) < 4.78 is 6.66. The van der Waals surface area contributed by atoms with Gasteiger partial charge in [-0.3, -0.25) is 33.7 Å². The van der Waals surface area contributed by atoms with Crippen molar-refractivity contribution in [1.82, 2.24) is 36.5 Å². The van der Waals surface area contributed by atoms with E-state index >= 15 is 0 Å². The molecule has 6 amide bonds. The standard InChI is InChI=1S/C39H46N8O9/c1-40-30(51)15-43-31(52)16-41-28(49)8-9-29(50)42-17-32(53)44-18-33(54)45-22-5-6-23-24-14-39(55)27-12-21-4-7-26(48)36-34(21)38(39,10-11-47(27)19-20-2-3-20)37(56-36)35(24)46-25(23)13-22/h4-7,13,20,27,37,46,48,55H,2-3,8-12,14-19H2,1H3,(H,40,51)(H,41,49)(H,42,50)(H,43,52)(H,44,53)(H,45,54)/t27-,37-,38-,39+/m0/s1. The molecule has 1 saturated heterocycles. The highest BCUT2D eigenvalue weighted by atomic mass is 16.5. The van der Waals surface area contributed by atoms with Gasteiger partial charge in [0.15, 0.2) is 17.6 Å². The molecule has 8 rings (SSSR count). The number of carbonyl (C=O) groups is 6. The average molecular weight is 771 g/mol. The van der Waals surface area contributed by atoms with Crippen molar-refractivity contribution in [3.63, 3.8) is 0 Å². The third-order valence-corrected chi connectivity index (χ3v) is 12.1. The molecule has 1 spiro atoms. The minimum absolute atomic E-state index is 0.0760. The Morgan fingerprint density at radius 1 is 0.875 bits per heavy atom. The SMILES string of the molecule is CNC(=O)CNC(=O)CNC(=O)CCC(=O)NCC(=O)NCC(=O)Nc1ccc2c3c([nH]c2c1)[C@@H]1Oc2c(O)ccc4c2[C@@]12CCN(CC1CC1)[C@@H](C4)[C@]2(O)C3. The number of benzene rings is 2. The van der Waals surface area contributed by atoms with Crippen LogP contribution in [0.3, 0.4) is 0 Å². The number of aliphatic hydroxyl groups is 1. The van der Waals surface area contributed by atoms with Crippen molar-refractivity contribution in [1.29, 1.82) is 0 Å². The summed E-state index contributed by atoms with van der Waals surface area (Å²) in [6, 6.07) is 9.08. The van der Waals surface area contributed by atoms with Gasteiger partial charge in [-0.15, -0.1) is 0 Å². The zero-order valence-corrected chi connectivity index (χ0v) is 31.0. The van der Waals surface area contributed by atoms with Gasteiger partial charge in [-0.1, -0.05) is 12.1 Å². The summed E-state index contributed by atoms with van der Waals surface area (Å²) in [4.78, 5) is 78.2. The van der Waals surface area contributed by atoms with Gasteiger partial charge in [0.05, 0.1) is 42.9 Å². The molecule has 1 saturated carbocycles. The highest BCUT2D eigenvalue weighted by Crippen LogP contribution is 2.69. The maximum Gasteiger partial charge on any atom is 0.243 e. The highest BCUT2D eigenvalue weighted by molar-refractivity contribution is 5.98. The molecule has 4 atom stereocenters. The number of aromatic hydroxyl groups is 1. The van der Waals surface area contributed by atoms with E-state index in [2.05, 4.69) is 41.8 Å². The Hall–Kier alpha value is -5.68. The van der Waals surface area contributed by atoms with Crippen LogP contribution in [-0.2, 0) is 47.0 Å². The van der Waals surface area contributed by atoms with Crippen LogP contribution < -0.4 is 36.6 Å². The van der Waals surface area contributed by atoms with E-state index in [1.54, 1.807) is 12.1 Å². The first-order valence-electron chi connectivity index (χ1n) is 19.1. The maximum absolute atomic E-state index is 13.0. The third kappa shape index (κ3) is 6.57. The summed E-state index contributed by atoms with van der Waals surface area (Å²) in [7, 11) is 1.42. The maximum atomic E-state index is 13.0. The number of anilines is 1. The van der Waals surface area contributed by atoms with Gasteiger partial charge in [0.1, 0.15) is 0 Å². The number of hydrogen-bond acceptors (Lipinski definition) is 10. The van der Waals surface area contributed by atoms with Crippen LogP contribution in [0, 0.1) is 5.92 Å². The number of ether oxygens (including phenoxy) is 1. The molecule has 9 N–H and O–H groups in total. The molecule has 56 heavy (non-hydrogen) atoms. The number of phenolic OH excluding ortho intramolecular Hbond substituents is 1. The van der Waals surface area contributed by atoms with E-state index in [1.807, 2.05) is 18.2 Å². The van der Waals surface area contributed by atoms with Crippen molar-refractivity contribution < 1.29 is 43.7 Å². The fraction of sp³-hybridized carbons (Fsp3) is 0.487. The Morgan fingerprint density at radius 3 is 2.21 bits per heavy atom. The van der Waals surface area contributed by atoms with Crippen LogP contribution in [0.25, 0.3) is 10.9 Å². The fourth-order valence-corrected chi connectivity index (χ4v) is 9.25. The van der Waals surface area contributed by atoms with Gasteiger partial charge in [0.25, 0.3) is 0 Å². The molecule has 3 heterocycles. The molecule has 0 unspecified atom stereocenters. The highest BCUT2D eigenvalue weighted by Gasteiger charge is 2.72. The number of rotatable bonds is 14.